The van der Waals surface area contributed by atoms with Gasteiger partial charge in [-0.1, -0.05) is 18.2 Å². The second-order valence-corrected chi connectivity index (χ2v) is 8.72. The Labute approximate surface area is 188 Å². The summed E-state index contributed by atoms with van der Waals surface area (Å²) < 4.78 is 0. The fraction of sp³-hybridized carbons (Fsp3) is 0.500. The predicted octanol–water partition coefficient (Wildman–Crippen LogP) is 4.69. The molecule has 0 spiro atoms. The van der Waals surface area contributed by atoms with E-state index in [2.05, 4.69) is 64.8 Å². The lowest BCUT2D eigenvalue weighted by molar-refractivity contribution is 0.474. The summed E-state index contributed by atoms with van der Waals surface area (Å²) in [4.78, 5) is 13.2. The van der Waals surface area contributed by atoms with Crippen LogP contribution in [0.4, 0.5) is 0 Å². The van der Waals surface area contributed by atoms with Gasteiger partial charge in [0.25, 0.3) is 0 Å². The number of aryl methyl sites for hydroxylation is 1. The number of guanidine groups is 1. The second kappa shape index (κ2) is 11.9. The molecule has 1 aromatic heterocycles. The molecular formula is C20H29IN4S2. The summed E-state index contributed by atoms with van der Waals surface area (Å²) >= 11 is 3.68. The molecule has 1 aromatic carbocycles. The number of likely N-dealkylation sites (tertiary alicyclic amines) is 1. The van der Waals surface area contributed by atoms with E-state index in [1.165, 1.54) is 17.1 Å². The monoisotopic (exact) mass is 516 g/mol. The van der Waals surface area contributed by atoms with E-state index in [0.717, 1.165) is 55.2 Å². The molecule has 1 saturated heterocycles. The predicted molar refractivity (Wildman–Crippen MR) is 129 cm³/mol. The highest BCUT2D eigenvalue weighted by atomic mass is 127. The molecule has 2 aromatic rings. The molecule has 4 nitrogen and oxygen atoms in total. The highest BCUT2D eigenvalue weighted by molar-refractivity contribution is 14.0. The molecule has 1 N–H and O–H groups in total. The minimum Gasteiger partial charge on any atom is -0.357 e. The Morgan fingerprint density at radius 3 is 2.89 bits per heavy atom. The highest BCUT2D eigenvalue weighted by Gasteiger charge is 2.24. The zero-order chi connectivity index (χ0) is 18.2. The topological polar surface area (TPSA) is 40.5 Å². The molecule has 27 heavy (non-hydrogen) atoms. The third kappa shape index (κ3) is 7.27. The quantitative estimate of drug-likeness (QED) is 0.251. The van der Waals surface area contributed by atoms with Gasteiger partial charge in [-0.2, -0.15) is 0 Å². The van der Waals surface area contributed by atoms with Crippen molar-refractivity contribution in [2.24, 2.45) is 10.9 Å². The number of thioether (sulfide) groups is 1. The summed E-state index contributed by atoms with van der Waals surface area (Å²) in [5.74, 6) is 2.97. The SMILES string of the molecule is CCNC(=NCCc1csc(C)n1)N1CCC(CSc2ccccc2)C1.I. The average molecular weight is 517 g/mol. The molecule has 1 atom stereocenters. The van der Waals surface area contributed by atoms with E-state index >= 15 is 0 Å². The number of rotatable bonds is 7. The van der Waals surface area contributed by atoms with E-state index in [4.69, 9.17) is 4.99 Å². The van der Waals surface area contributed by atoms with Crippen molar-refractivity contribution in [3.8, 4) is 0 Å². The van der Waals surface area contributed by atoms with Crippen molar-refractivity contribution < 1.29 is 0 Å². The number of nitrogens with one attached hydrogen (secondary N) is 1. The first kappa shape index (κ1) is 22.5. The first-order chi connectivity index (χ1) is 12.7. The van der Waals surface area contributed by atoms with Gasteiger partial charge in [0.2, 0.25) is 0 Å². The molecule has 7 heteroatoms. The Morgan fingerprint density at radius 1 is 1.37 bits per heavy atom. The highest BCUT2D eigenvalue weighted by Crippen LogP contribution is 2.25. The molecule has 2 heterocycles. The molecule has 1 aliphatic heterocycles. The minimum absolute atomic E-state index is 0. The lowest BCUT2D eigenvalue weighted by Crippen LogP contribution is -2.40. The summed E-state index contributed by atoms with van der Waals surface area (Å²) in [5.41, 5.74) is 1.16. The Balaban J connectivity index is 0.00000261. The molecule has 1 unspecified atom stereocenters. The van der Waals surface area contributed by atoms with Gasteiger partial charge in [-0.25, -0.2) is 4.98 Å². The summed E-state index contributed by atoms with van der Waals surface area (Å²) in [6.45, 7) is 8.10. The van der Waals surface area contributed by atoms with Gasteiger partial charge in [-0.05, 0) is 38.3 Å². The second-order valence-electron chi connectivity index (χ2n) is 6.57. The molecule has 0 saturated carbocycles. The number of hydrogen-bond donors (Lipinski definition) is 1. The molecule has 148 valence electrons. The van der Waals surface area contributed by atoms with E-state index < -0.39 is 0 Å². The fourth-order valence-corrected chi connectivity index (χ4v) is 4.81. The van der Waals surface area contributed by atoms with Crippen LogP contribution < -0.4 is 5.32 Å². The first-order valence-electron chi connectivity index (χ1n) is 9.36. The number of benzene rings is 1. The number of aromatic nitrogens is 1. The number of halogens is 1. The third-order valence-electron chi connectivity index (χ3n) is 4.45. The average Bonchev–Trinajstić information content (AvgIpc) is 3.29. The number of thiazole rings is 1. The minimum atomic E-state index is 0. The van der Waals surface area contributed by atoms with Gasteiger partial charge in [0.05, 0.1) is 10.7 Å². The summed E-state index contributed by atoms with van der Waals surface area (Å²) in [6.07, 6.45) is 2.16. The third-order valence-corrected chi connectivity index (χ3v) is 6.51. The molecule has 0 radical (unpaired) electrons. The summed E-state index contributed by atoms with van der Waals surface area (Å²) in [6, 6.07) is 10.7. The standard InChI is InChI=1S/C20H28N4S2.HI/c1-3-21-20(22-11-9-18-15-25-16(2)23-18)24-12-10-17(13-24)14-26-19-7-5-4-6-8-19;/h4-8,15,17H,3,9-14H2,1-2H3,(H,21,22);1H. The van der Waals surface area contributed by atoms with Crippen LogP contribution in [0.2, 0.25) is 0 Å². The number of hydrogen-bond acceptors (Lipinski definition) is 4. The van der Waals surface area contributed by atoms with E-state index in [-0.39, 0.29) is 24.0 Å². The van der Waals surface area contributed by atoms with Crippen LogP contribution in [0.25, 0.3) is 0 Å². The molecule has 0 amide bonds. The lowest BCUT2D eigenvalue weighted by Gasteiger charge is -2.21. The fourth-order valence-electron chi connectivity index (χ4n) is 3.12. The van der Waals surface area contributed by atoms with Crippen LogP contribution in [0.15, 0.2) is 45.6 Å². The molecule has 0 aliphatic carbocycles. The van der Waals surface area contributed by atoms with Gasteiger partial charge in [-0.3, -0.25) is 4.99 Å². The van der Waals surface area contributed by atoms with Crippen LogP contribution in [0, 0.1) is 12.8 Å². The van der Waals surface area contributed by atoms with E-state index in [1.807, 2.05) is 11.8 Å². The molecule has 3 rings (SSSR count). The molecule has 1 fully saturated rings. The number of aliphatic imine (C=N–C) groups is 1. The maximum absolute atomic E-state index is 4.84. The van der Waals surface area contributed by atoms with Crippen LogP contribution in [0.1, 0.15) is 24.0 Å². The summed E-state index contributed by atoms with van der Waals surface area (Å²) in [5, 5.41) is 6.74. The normalized spacial score (nSPS) is 17.0. The number of nitrogens with zero attached hydrogens (tertiary/aromatic N) is 3. The van der Waals surface area contributed by atoms with Crippen molar-refractivity contribution >= 4 is 53.0 Å². The van der Waals surface area contributed by atoms with Crippen molar-refractivity contribution in [3.63, 3.8) is 0 Å². The van der Waals surface area contributed by atoms with Gasteiger partial charge < -0.3 is 10.2 Å². The molecule has 0 bridgehead atoms. The zero-order valence-electron chi connectivity index (χ0n) is 16.1. The van der Waals surface area contributed by atoms with Crippen LogP contribution in [0.3, 0.4) is 0 Å². The Hall–Kier alpha value is -0.800. The molecule has 1 aliphatic rings. The van der Waals surface area contributed by atoms with E-state index in [0.29, 0.717) is 0 Å². The van der Waals surface area contributed by atoms with E-state index in [1.54, 1.807) is 11.3 Å². The van der Waals surface area contributed by atoms with Crippen molar-refractivity contribution in [1.29, 1.82) is 0 Å². The zero-order valence-corrected chi connectivity index (χ0v) is 20.0. The van der Waals surface area contributed by atoms with Crippen LogP contribution in [0.5, 0.6) is 0 Å². The maximum Gasteiger partial charge on any atom is 0.193 e. The van der Waals surface area contributed by atoms with Gasteiger partial charge >= 0.3 is 0 Å². The Morgan fingerprint density at radius 2 is 2.19 bits per heavy atom. The van der Waals surface area contributed by atoms with Crippen LogP contribution >= 0.6 is 47.1 Å². The Bertz CT molecular complexity index is 705. The smallest absolute Gasteiger partial charge is 0.193 e. The van der Waals surface area contributed by atoms with E-state index in [9.17, 15) is 0 Å². The van der Waals surface area contributed by atoms with Crippen LogP contribution in [-0.4, -0.2) is 47.8 Å². The summed E-state index contributed by atoms with van der Waals surface area (Å²) in [7, 11) is 0. The van der Waals surface area contributed by atoms with Crippen molar-refractivity contribution in [3.05, 3.63) is 46.4 Å². The Kier molecular flexibility index (Phi) is 9.92. The van der Waals surface area contributed by atoms with Gasteiger partial charge in [-0.15, -0.1) is 47.1 Å². The van der Waals surface area contributed by atoms with Crippen LogP contribution in [-0.2, 0) is 6.42 Å². The lowest BCUT2D eigenvalue weighted by atomic mass is 10.2. The first-order valence-corrected chi connectivity index (χ1v) is 11.2. The van der Waals surface area contributed by atoms with Gasteiger partial charge in [0.15, 0.2) is 5.96 Å². The van der Waals surface area contributed by atoms with Gasteiger partial charge in [0, 0.05) is 48.6 Å². The van der Waals surface area contributed by atoms with Gasteiger partial charge in [0.1, 0.15) is 0 Å². The van der Waals surface area contributed by atoms with Crippen molar-refractivity contribution in [1.82, 2.24) is 15.2 Å². The van der Waals surface area contributed by atoms with Crippen molar-refractivity contribution in [2.45, 2.75) is 31.6 Å². The largest absolute Gasteiger partial charge is 0.357 e. The molecular weight excluding hydrogens is 487 g/mol. The van der Waals surface area contributed by atoms with Crippen molar-refractivity contribution in [2.75, 3.05) is 31.9 Å². The maximum atomic E-state index is 4.84.